The van der Waals surface area contributed by atoms with Crippen LogP contribution in [0.1, 0.15) is 10.5 Å². The van der Waals surface area contributed by atoms with Crippen molar-refractivity contribution in [3.05, 3.63) is 55.0 Å². The molecular formula is C19H24N6O. The maximum Gasteiger partial charge on any atom is 0.270 e. The van der Waals surface area contributed by atoms with Gasteiger partial charge >= 0.3 is 0 Å². The van der Waals surface area contributed by atoms with Crippen LogP contribution in [0.5, 0.6) is 0 Å². The Labute approximate surface area is 153 Å². The van der Waals surface area contributed by atoms with Crippen LogP contribution in [0.25, 0.3) is 0 Å². The number of nitrogens with one attached hydrogen (secondary N) is 2. The van der Waals surface area contributed by atoms with E-state index in [0.717, 1.165) is 31.9 Å². The van der Waals surface area contributed by atoms with Gasteiger partial charge in [-0.25, -0.2) is 9.97 Å². The van der Waals surface area contributed by atoms with E-state index < -0.39 is 0 Å². The molecule has 0 atom stereocenters. The van der Waals surface area contributed by atoms with Gasteiger partial charge in [0.2, 0.25) is 0 Å². The Morgan fingerprint density at radius 3 is 2.62 bits per heavy atom. The Balaban J connectivity index is 1.64. The molecule has 0 bridgehead atoms. The molecule has 0 saturated carbocycles. The van der Waals surface area contributed by atoms with Gasteiger partial charge in [-0.2, -0.15) is 0 Å². The number of aromatic nitrogens is 2. The van der Waals surface area contributed by atoms with Crippen LogP contribution in [-0.2, 0) is 0 Å². The number of piperazine rings is 1. The first-order valence-electron chi connectivity index (χ1n) is 8.67. The second-order valence-corrected chi connectivity index (χ2v) is 6.25. The van der Waals surface area contributed by atoms with Crippen molar-refractivity contribution >= 4 is 23.1 Å². The highest BCUT2D eigenvalue weighted by molar-refractivity contribution is 5.93. The van der Waals surface area contributed by atoms with Crippen molar-refractivity contribution in [1.82, 2.24) is 20.2 Å². The number of rotatable bonds is 6. The van der Waals surface area contributed by atoms with Crippen molar-refractivity contribution in [3.8, 4) is 0 Å². The van der Waals surface area contributed by atoms with E-state index in [1.165, 1.54) is 12.0 Å². The third-order valence-corrected chi connectivity index (χ3v) is 4.31. The summed E-state index contributed by atoms with van der Waals surface area (Å²) in [6.07, 6.45) is 3.00. The van der Waals surface area contributed by atoms with E-state index in [9.17, 15) is 4.79 Å². The summed E-state index contributed by atoms with van der Waals surface area (Å²) >= 11 is 0. The SMILES string of the molecule is C=CCNC(=O)c1cc(Nc2ccc(N3CCN(C)CC3)cc2)ncn1. The van der Waals surface area contributed by atoms with Gasteiger partial charge in [-0.1, -0.05) is 6.08 Å². The summed E-state index contributed by atoms with van der Waals surface area (Å²) in [5.74, 6) is 0.330. The number of carbonyl (C=O) groups excluding carboxylic acids is 1. The Morgan fingerprint density at radius 2 is 1.92 bits per heavy atom. The summed E-state index contributed by atoms with van der Waals surface area (Å²) in [6.45, 7) is 8.22. The Morgan fingerprint density at radius 1 is 1.19 bits per heavy atom. The second-order valence-electron chi connectivity index (χ2n) is 6.25. The largest absolute Gasteiger partial charge is 0.369 e. The molecule has 2 N–H and O–H groups in total. The zero-order valence-electron chi connectivity index (χ0n) is 15.0. The van der Waals surface area contributed by atoms with E-state index in [1.807, 2.05) is 12.1 Å². The molecule has 1 fully saturated rings. The van der Waals surface area contributed by atoms with E-state index in [1.54, 1.807) is 12.1 Å². The summed E-state index contributed by atoms with van der Waals surface area (Å²) in [6, 6.07) is 9.88. The maximum atomic E-state index is 12.0. The van der Waals surface area contributed by atoms with Crippen molar-refractivity contribution in [3.63, 3.8) is 0 Å². The molecule has 1 amide bonds. The molecule has 1 aromatic carbocycles. The third kappa shape index (κ3) is 4.58. The van der Waals surface area contributed by atoms with Crippen LogP contribution in [0.4, 0.5) is 17.2 Å². The fourth-order valence-electron chi connectivity index (χ4n) is 2.77. The minimum atomic E-state index is -0.249. The number of carbonyl (C=O) groups is 1. The predicted octanol–water partition coefficient (Wildman–Crippen LogP) is 1.89. The molecule has 2 aromatic rings. The molecule has 2 heterocycles. The second kappa shape index (κ2) is 8.44. The molecule has 7 heteroatoms. The van der Waals surface area contributed by atoms with Crippen LogP contribution in [-0.4, -0.2) is 60.5 Å². The van der Waals surface area contributed by atoms with E-state index >= 15 is 0 Å². The topological polar surface area (TPSA) is 73.4 Å². The van der Waals surface area contributed by atoms with Crippen LogP contribution >= 0.6 is 0 Å². The molecule has 3 rings (SSSR count). The number of anilines is 3. The van der Waals surface area contributed by atoms with Gasteiger partial charge in [0.15, 0.2) is 0 Å². The summed E-state index contributed by atoms with van der Waals surface area (Å²) in [5.41, 5.74) is 2.45. The van der Waals surface area contributed by atoms with Gasteiger partial charge in [0.05, 0.1) is 0 Å². The van der Waals surface area contributed by atoms with Crippen molar-refractivity contribution in [2.24, 2.45) is 0 Å². The summed E-state index contributed by atoms with van der Waals surface area (Å²) in [5, 5.41) is 5.92. The number of likely N-dealkylation sites (N-methyl/N-ethyl adjacent to an activating group) is 1. The van der Waals surface area contributed by atoms with Crippen LogP contribution in [0.15, 0.2) is 49.3 Å². The van der Waals surface area contributed by atoms with Gasteiger partial charge in [0.25, 0.3) is 5.91 Å². The average Bonchev–Trinajstić information content (AvgIpc) is 2.67. The lowest BCUT2D eigenvalue weighted by Gasteiger charge is -2.34. The van der Waals surface area contributed by atoms with Crippen molar-refractivity contribution < 1.29 is 4.79 Å². The molecule has 1 aromatic heterocycles. The van der Waals surface area contributed by atoms with Gasteiger partial charge in [0, 0.05) is 50.2 Å². The first-order valence-corrected chi connectivity index (χ1v) is 8.67. The number of hydrogen-bond donors (Lipinski definition) is 2. The van der Waals surface area contributed by atoms with Crippen molar-refractivity contribution in [1.29, 1.82) is 0 Å². The smallest absolute Gasteiger partial charge is 0.270 e. The van der Waals surface area contributed by atoms with Gasteiger partial charge < -0.3 is 20.4 Å². The summed E-state index contributed by atoms with van der Waals surface area (Å²) in [4.78, 5) is 24.9. The first-order chi connectivity index (χ1) is 12.7. The molecule has 0 aliphatic carbocycles. The van der Waals surface area contributed by atoms with Crippen molar-refractivity contribution in [2.75, 3.05) is 50.0 Å². The maximum absolute atomic E-state index is 12.0. The number of amides is 1. The van der Waals surface area contributed by atoms with Crippen LogP contribution in [0.3, 0.4) is 0 Å². The zero-order valence-corrected chi connectivity index (χ0v) is 15.0. The molecule has 1 saturated heterocycles. The molecular weight excluding hydrogens is 328 g/mol. The van der Waals surface area contributed by atoms with E-state index in [2.05, 4.69) is 56.2 Å². The molecule has 0 radical (unpaired) electrons. The lowest BCUT2D eigenvalue weighted by Crippen LogP contribution is -2.44. The van der Waals surface area contributed by atoms with Crippen LogP contribution in [0.2, 0.25) is 0 Å². The summed E-state index contributed by atoms with van der Waals surface area (Å²) in [7, 11) is 2.15. The fraction of sp³-hybridized carbons (Fsp3) is 0.316. The number of hydrogen-bond acceptors (Lipinski definition) is 6. The van der Waals surface area contributed by atoms with E-state index in [-0.39, 0.29) is 5.91 Å². The van der Waals surface area contributed by atoms with E-state index in [4.69, 9.17) is 0 Å². The standard InChI is InChI=1S/C19H24N6O/c1-3-8-20-19(26)17-13-18(22-14-21-17)23-15-4-6-16(7-5-15)25-11-9-24(2)10-12-25/h3-7,13-14H,1,8-12H2,2H3,(H,20,26)(H,21,22,23). The molecule has 136 valence electrons. The zero-order chi connectivity index (χ0) is 18.4. The minimum Gasteiger partial charge on any atom is -0.369 e. The minimum absolute atomic E-state index is 0.249. The lowest BCUT2D eigenvalue weighted by atomic mass is 10.2. The summed E-state index contributed by atoms with van der Waals surface area (Å²) < 4.78 is 0. The Kier molecular flexibility index (Phi) is 5.80. The van der Waals surface area contributed by atoms with Crippen molar-refractivity contribution in [2.45, 2.75) is 0 Å². The average molecular weight is 352 g/mol. The Hall–Kier alpha value is -2.93. The van der Waals surface area contributed by atoms with Gasteiger partial charge in [-0.05, 0) is 31.3 Å². The van der Waals surface area contributed by atoms with Crippen LogP contribution < -0.4 is 15.5 Å². The molecule has 26 heavy (non-hydrogen) atoms. The molecule has 1 aliphatic rings. The normalized spacial score (nSPS) is 14.7. The number of benzene rings is 1. The first kappa shape index (κ1) is 17.9. The molecule has 7 nitrogen and oxygen atoms in total. The Bertz CT molecular complexity index is 753. The predicted molar refractivity (Wildman–Crippen MR) is 104 cm³/mol. The monoisotopic (exact) mass is 352 g/mol. The quantitative estimate of drug-likeness (QED) is 0.774. The lowest BCUT2D eigenvalue weighted by molar-refractivity contribution is 0.0953. The molecule has 0 unspecified atom stereocenters. The van der Waals surface area contributed by atoms with Gasteiger partial charge in [-0.3, -0.25) is 4.79 Å². The molecule has 0 spiro atoms. The van der Waals surface area contributed by atoms with E-state index in [0.29, 0.717) is 18.1 Å². The highest BCUT2D eigenvalue weighted by Gasteiger charge is 2.14. The molecule has 1 aliphatic heterocycles. The number of nitrogens with zero attached hydrogens (tertiary/aromatic N) is 4. The van der Waals surface area contributed by atoms with Gasteiger partial charge in [-0.15, -0.1) is 6.58 Å². The van der Waals surface area contributed by atoms with Gasteiger partial charge in [0.1, 0.15) is 17.8 Å². The fourth-order valence-corrected chi connectivity index (χ4v) is 2.77. The highest BCUT2D eigenvalue weighted by atomic mass is 16.1. The van der Waals surface area contributed by atoms with Crippen LogP contribution in [0, 0.1) is 0 Å². The third-order valence-electron chi connectivity index (χ3n) is 4.31. The highest BCUT2D eigenvalue weighted by Crippen LogP contribution is 2.21.